The smallest absolute Gasteiger partial charge is 0.152 e. The minimum atomic E-state index is 0.546. The number of anilines is 2. The highest BCUT2D eigenvalue weighted by atomic mass is 35.5. The van der Waals surface area contributed by atoms with Gasteiger partial charge in [-0.3, -0.25) is 4.79 Å². The first-order valence-corrected chi connectivity index (χ1v) is 5.77. The molecule has 0 radical (unpaired) electrons. The first-order valence-electron chi connectivity index (χ1n) is 5.39. The number of hydrogen-bond donors (Lipinski definition) is 1. The molecule has 1 N–H and O–H groups in total. The minimum absolute atomic E-state index is 0.546. The number of methoxy groups -OCH3 is 1. The van der Waals surface area contributed by atoms with Gasteiger partial charge in [-0.05, 0) is 36.4 Å². The number of ether oxygens (including phenoxy) is 1. The molecule has 0 heterocycles. The molecule has 0 saturated carbocycles. The Morgan fingerprint density at radius 2 is 1.89 bits per heavy atom. The summed E-state index contributed by atoms with van der Waals surface area (Å²) in [6.07, 6.45) is 0.792. The van der Waals surface area contributed by atoms with Crippen molar-refractivity contribution in [2.75, 3.05) is 12.4 Å². The molecule has 0 atom stereocenters. The van der Waals surface area contributed by atoms with Crippen LogP contribution >= 0.6 is 11.6 Å². The molecule has 0 unspecified atom stereocenters. The van der Waals surface area contributed by atoms with Gasteiger partial charge in [-0.25, -0.2) is 0 Å². The molecule has 4 heteroatoms. The molecular weight excluding hydrogens is 250 g/mol. The van der Waals surface area contributed by atoms with E-state index in [1.165, 1.54) is 0 Å². The first kappa shape index (κ1) is 12.5. The highest BCUT2D eigenvalue weighted by Gasteiger charge is 2.08. The fourth-order valence-corrected chi connectivity index (χ4v) is 1.75. The number of benzene rings is 2. The van der Waals surface area contributed by atoms with Crippen LogP contribution in [0.4, 0.5) is 11.4 Å². The minimum Gasteiger partial charge on any atom is -0.495 e. The Balaban J connectivity index is 2.38. The molecule has 0 aliphatic carbocycles. The van der Waals surface area contributed by atoms with Crippen LogP contribution in [0.3, 0.4) is 0 Å². The monoisotopic (exact) mass is 261 g/mol. The van der Waals surface area contributed by atoms with Crippen molar-refractivity contribution in [2.45, 2.75) is 0 Å². The number of halogens is 1. The number of nitrogens with one attached hydrogen (secondary N) is 1. The zero-order valence-electron chi connectivity index (χ0n) is 9.81. The third-order valence-electron chi connectivity index (χ3n) is 2.52. The topological polar surface area (TPSA) is 38.3 Å². The molecule has 18 heavy (non-hydrogen) atoms. The SMILES string of the molecule is COc1cccc(C=O)c1Nc1ccc(Cl)cc1. The van der Waals surface area contributed by atoms with E-state index in [9.17, 15) is 4.79 Å². The zero-order chi connectivity index (χ0) is 13.0. The summed E-state index contributed by atoms with van der Waals surface area (Å²) in [5.41, 5.74) is 2.04. The average molecular weight is 262 g/mol. The van der Waals surface area contributed by atoms with Gasteiger partial charge in [0.15, 0.2) is 6.29 Å². The maximum atomic E-state index is 11.0. The van der Waals surface area contributed by atoms with Crippen molar-refractivity contribution in [1.29, 1.82) is 0 Å². The van der Waals surface area contributed by atoms with E-state index in [4.69, 9.17) is 16.3 Å². The Labute approximate surface area is 110 Å². The Morgan fingerprint density at radius 3 is 2.50 bits per heavy atom. The second kappa shape index (κ2) is 5.56. The Morgan fingerprint density at radius 1 is 1.17 bits per heavy atom. The van der Waals surface area contributed by atoms with Gasteiger partial charge in [-0.2, -0.15) is 0 Å². The Hall–Kier alpha value is -2.00. The number of aldehydes is 1. The normalized spacial score (nSPS) is 9.89. The van der Waals surface area contributed by atoms with Crippen LogP contribution in [0.15, 0.2) is 42.5 Å². The third kappa shape index (κ3) is 2.63. The highest BCUT2D eigenvalue weighted by molar-refractivity contribution is 6.30. The summed E-state index contributed by atoms with van der Waals surface area (Å²) >= 11 is 5.82. The van der Waals surface area contributed by atoms with Crippen LogP contribution in [0.5, 0.6) is 5.75 Å². The van der Waals surface area contributed by atoms with Crippen molar-refractivity contribution in [1.82, 2.24) is 0 Å². The Kier molecular flexibility index (Phi) is 3.85. The van der Waals surface area contributed by atoms with E-state index in [0.29, 0.717) is 22.0 Å². The van der Waals surface area contributed by atoms with Gasteiger partial charge >= 0.3 is 0 Å². The lowest BCUT2D eigenvalue weighted by Crippen LogP contribution is -1.98. The lowest BCUT2D eigenvalue weighted by molar-refractivity contribution is 0.112. The summed E-state index contributed by atoms with van der Waals surface area (Å²) < 4.78 is 5.24. The second-order valence-corrected chi connectivity index (χ2v) is 4.11. The second-order valence-electron chi connectivity index (χ2n) is 3.67. The molecular formula is C14H12ClNO2. The molecule has 0 spiro atoms. The van der Waals surface area contributed by atoms with E-state index in [1.807, 2.05) is 12.1 Å². The van der Waals surface area contributed by atoms with Gasteiger partial charge in [0.25, 0.3) is 0 Å². The third-order valence-corrected chi connectivity index (χ3v) is 2.77. The van der Waals surface area contributed by atoms with Crippen LogP contribution < -0.4 is 10.1 Å². The fourth-order valence-electron chi connectivity index (χ4n) is 1.63. The van der Waals surface area contributed by atoms with Gasteiger partial charge in [-0.15, -0.1) is 0 Å². The largest absolute Gasteiger partial charge is 0.495 e. The number of carbonyl (C=O) groups excluding carboxylic acids is 1. The fraction of sp³-hybridized carbons (Fsp3) is 0.0714. The van der Waals surface area contributed by atoms with Gasteiger partial charge in [0.1, 0.15) is 5.75 Å². The van der Waals surface area contributed by atoms with Crippen LogP contribution in [-0.4, -0.2) is 13.4 Å². The number of rotatable bonds is 4. The van der Waals surface area contributed by atoms with Crippen LogP contribution in [0, 0.1) is 0 Å². The molecule has 0 amide bonds. The first-order chi connectivity index (χ1) is 8.74. The van der Waals surface area contributed by atoms with Crippen LogP contribution in [-0.2, 0) is 0 Å². The molecule has 2 aromatic carbocycles. The number of para-hydroxylation sites is 1. The maximum absolute atomic E-state index is 11.0. The highest BCUT2D eigenvalue weighted by Crippen LogP contribution is 2.30. The predicted molar refractivity (Wildman–Crippen MR) is 73.1 cm³/mol. The van der Waals surface area contributed by atoms with E-state index >= 15 is 0 Å². The average Bonchev–Trinajstić information content (AvgIpc) is 2.41. The van der Waals surface area contributed by atoms with Crippen molar-refractivity contribution in [3.63, 3.8) is 0 Å². The molecule has 3 nitrogen and oxygen atoms in total. The molecule has 2 aromatic rings. The van der Waals surface area contributed by atoms with E-state index in [0.717, 1.165) is 12.0 Å². The summed E-state index contributed by atoms with van der Waals surface area (Å²) in [6, 6.07) is 12.5. The molecule has 0 fully saturated rings. The van der Waals surface area contributed by atoms with E-state index in [-0.39, 0.29) is 0 Å². The summed E-state index contributed by atoms with van der Waals surface area (Å²) in [5.74, 6) is 0.620. The summed E-state index contributed by atoms with van der Waals surface area (Å²) in [5, 5.41) is 3.82. The molecule has 0 aliphatic rings. The molecule has 0 aromatic heterocycles. The Bertz CT molecular complexity index is 552. The van der Waals surface area contributed by atoms with Crippen molar-refractivity contribution in [3.05, 3.63) is 53.1 Å². The maximum Gasteiger partial charge on any atom is 0.152 e. The summed E-state index contributed by atoms with van der Waals surface area (Å²) in [6.45, 7) is 0. The zero-order valence-corrected chi connectivity index (χ0v) is 10.6. The van der Waals surface area contributed by atoms with Gasteiger partial charge in [0, 0.05) is 16.3 Å². The van der Waals surface area contributed by atoms with Crippen LogP contribution in [0.25, 0.3) is 0 Å². The van der Waals surface area contributed by atoms with Crippen LogP contribution in [0.1, 0.15) is 10.4 Å². The lowest BCUT2D eigenvalue weighted by Gasteiger charge is -2.13. The van der Waals surface area contributed by atoms with Crippen molar-refractivity contribution in [3.8, 4) is 5.75 Å². The van der Waals surface area contributed by atoms with E-state index in [2.05, 4.69) is 5.32 Å². The van der Waals surface area contributed by atoms with Gasteiger partial charge in [0.2, 0.25) is 0 Å². The molecule has 0 saturated heterocycles. The molecule has 0 bridgehead atoms. The van der Waals surface area contributed by atoms with Gasteiger partial charge < -0.3 is 10.1 Å². The van der Waals surface area contributed by atoms with Gasteiger partial charge in [-0.1, -0.05) is 17.7 Å². The molecule has 92 valence electrons. The summed E-state index contributed by atoms with van der Waals surface area (Å²) in [4.78, 5) is 11.0. The van der Waals surface area contributed by atoms with E-state index in [1.54, 1.807) is 37.4 Å². The predicted octanol–water partition coefficient (Wildman–Crippen LogP) is 3.90. The molecule has 2 rings (SSSR count). The summed E-state index contributed by atoms with van der Waals surface area (Å²) in [7, 11) is 1.57. The standard InChI is InChI=1S/C14H12ClNO2/c1-18-13-4-2-3-10(9-17)14(13)16-12-7-5-11(15)6-8-12/h2-9,16H,1H3. The molecule has 0 aliphatic heterocycles. The van der Waals surface area contributed by atoms with Crippen molar-refractivity contribution < 1.29 is 9.53 Å². The van der Waals surface area contributed by atoms with Crippen molar-refractivity contribution >= 4 is 29.3 Å². The van der Waals surface area contributed by atoms with Gasteiger partial charge in [0.05, 0.1) is 12.8 Å². The number of hydrogen-bond acceptors (Lipinski definition) is 3. The quantitative estimate of drug-likeness (QED) is 0.848. The lowest BCUT2D eigenvalue weighted by atomic mass is 10.1. The van der Waals surface area contributed by atoms with Crippen molar-refractivity contribution in [2.24, 2.45) is 0 Å². The number of carbonyl (C=O) groups is 1. The van der Waals surface area contributed by atoms with E-state index < -0.39 is 0 Å². The van der Waals surface area contributed by atoms with Crippen LogP contribution in [0.2, 0.25) is 5.02 Å².